The summed E-state index contributed by atoms with van der Waals surface area (Å²) in [5, 5.41) is 3.77. The molecule has 0 fully saturated rings. The van der Waals surface area contributed by atoms with Gasteiger partial charge in [0.2, 0.25) is 0 Å². The first kappa shape index (κ1) is 26.3. The molecule has 218 valence electrons. The second-order valence-corrected chi connectivity index (χ2v) is 13.2. The van der Waals surface area contributed by atoms with E-state index in [-0.39, 0.29) is 0 Å². The molecule has 0 radical (unpaired) electrons. The first-order valence-corrected chi connectivity index (χ1v) is 16.5. The van der Waals surface area contributed by atoms with Crippen LogP contribution in [-0.4, -0.2) is 15.5 Å². The average molecular weight is 601 g/mol. The van der Waals surface area contributed by atoms with Crippen LogP contribution in [0.15, 0.2) is 119 Å². The lowest BCUT2D eigenvalue weighted by molar-refractivity contribution is 0.835. The van der Waals surface area contributed by atoms with Crippen LogP contribution in [-0.2, 0) is 19.4 Å². The molecule has 0 saturated heterocycles. The third-order valence-corrected chi connectivity index (χ3v) is 10.7. The number of thiophene rings is 1. The summed E-state index contributed by atoms with van der Waals surface area (Å²) in [5.74, 6) is 0. The summed E-state index contributed by atoms with van der Waals surface area (Å²) in [5.41, 5.74) is 19.4. The second-order valence-electron chi connectivity index (χ2n) is 12.0. The maximum absolute atomic E-state index is 6.52. The zero-order valence-corrected chi connectivity index (χ0v) is 25.7. The zero-order valence-electron chi connectivity index (χ0n) is 24.9. The summed E-state index contributed by atoms with van der Waals surface area (Å²) in [6.07, 6.45) is 11.1. The number of aromatic nitrogens is 2. The van der Waals surface area contributed by atoms with Crippen LogP contribution in [0.2, 0.25) is 0 Å². The van der Waals surface area contributed by atoms with Gasteiger partial charge >= 0.3 is 0 Å². The predicted octanol–water partition coefficient (Wildman–Crippen LogP) is 9.82. The number of nitrogens with zero attached hydrogens (tertiary/aromatic N) is 3. The van der Waals surface area contributed by atoms with E-state index < -0.39 is 0 Å². The Labute approximate surface area is 266 Å². The summed E-state index contributed by atoms with van der Waals surface area (Å²) in [7, 11) is 0. The first-order chi connectivity index (χ1) is 22.2. The summed E-state index contributed by atoms with van der Waals surface area (Å²) >= 11 is 1.74. The molecule has 5 heteroatoms. The van der Waals surface area contributed by atoms with Gasteiger partial charge in [-0.15, -0.1) is 11.3 Å². The summed E-state index contributed by atoms with van der Waals surface area (Å²) < 4.78 is 5.97. The quantitative estimate of drug-likeness (QED) is 0.155. The maximum atomic E-state index is 6.52. The van der Waals surface area contributed by atoms with Crippen LogP contribution in [0.1, 0.15) is 40.2 Å². The lowest BCUT2D eigenvalue weighted by Gasteiger charge is -2.22. The highest BCUT2D eigenvalue weighted by Crippen LogP contribution is 2.41. The van der Waals surface area contributed by atoms with Crippen LogP contribution in [0.5, 0.6) is 0 Å². The van der Waals surface area contributed by atoms with Crippen LogP contribution >= 0.6 is 11.3 Å². The van der Waals surface area contributed by atoms with Gasteiger partial charge < -0.3 is 14.9 Å². The molecule has 3 heterocycles. The lowest BCUT2D eigenvalue weighted by Crippen LogP contribution is -2.09. The molecule has 7 aromatic rings. The molecular formula is C40H32N4S. The molecule has 2 N–H and O–H groups in total. The van der Waals surface area contributed by atoms with E-state index in [0.29, 0.717) is 6.54 Å². The minimum Gasteiger partial charge on any atom is -0.397 e. The Morgan fingerprint density at radius 1 is 0.689 bits per heavy atom. The van der Waals surface area contributed by atoms with Crippen LogP contribution in [0.25, 0.3) is 49.7 Å². The molecule has 0 amide bonds. The number of para-hydroxylation sites is 3. The van der Waals surface area contributed by atoms with Gasteiger partial charge in [0.25, 0.3) is 0 Å². The Kier molecular flexibility index (Phi) is 6.13. The number of rotatable bonds is 5. The van der Waals surface area contributed by atoms with Crippen molar-refractivity contribution < 1.29 is 0 Å². The van der Waals surface area contributed by atoms with Gasteiger partial charge in [0.1, 0.15) is 0 Å². The number of nitrogen functional groups attached to an aromatic ring is 1. The van der Waals surface area contributed by atoms with Crippen molar-refractivity contribution in [2.45, 2.75) is 32.2 Å². The summed E-state index contributed by atoms with van der Waals surface area (Å²) in [6, 6.07) is 36.7. The monoisotopic (exact) mass is 600 g/mol. The van der Waals surface area contributed by atoms with Gasteiger partial charge in [-0.05, 0) is 84.9 Å². The fourth-order valence-electron chi connectivity index (χ4n) is 7.43. The van der Waals surface area contributed by atoms with Gasteiger partial charge in [-0.2, -0.15) is 0 Å². The molecule has 45 heavy (non-hydrogen) atoms. The number of anilines is 1. The third-order valence-electron chi connectivity index (χ3n) is 9.55. The molecule has 0 spiro atoms. The number of hydrogen-bond acceptors (Lipinski definition) is 3. The zero-order chi connectivity index (χ0) is 29.9. The van der Waals surface area contributed by atoms with Gasteiger partial charge in [-0.3, -0.25) is 4.99 Å². The highest BCUT2D eigenvalue weighted by atomic mass is 32.1. The van der Waals surface area contributed by atoms with Crippen LogP contribution in [0.3, 0.4) is 0 Å². The minimum absolute atomic E-state index is 0.572. The fraction of sp³-hybridized carbons (Fsp3) is 0.125. The molecule has 9 rings (SSSR count). The Bertz CT molecular complexity index is 2360. The van der Waals surface area contributed by atoms with Gasteiger partial charge in [-0.25, -0.2) is 0 Å². The first-order valence-electron chi connectivity index (χ1n) is 15.7. The van der Waals surface area contributed by atoms with Crippen molar-refractivity contribution in [3.05, 3.63) is 142 Å². The van der Waals surface area contributed by atoms with E-state index in [1.54, 1.807) is 11.3 Å². The summed E-state index contributed by atoms with van der Waals surface area (Å²) in [4.78, 5) is 6.07. The van der Waals surface area contributed by atoms with Crippen molar-refractivity contribution in [1.82, 2.24) is 9.13 Å². The van der Waals surface area contributed by atoms with E-state index in [0.717, 1.165) is 41.6 Å². The van der Waals surface area contributed by atoms with Crippen molar-refractivity contribution in [3.63, 3.8) is 0 Å². The number of allylic oxidation sites excluding steroid dienone is 2. The van der Waals surface area contributed by atoms with Crippen LogP contribution < -0.4 is 5.73 Å². The van der Waals surface area contributed by atoms with Gasteiger partial charge in [-0.1, -0.05) is 72.8 Å². The molecular weight excluding hydrogens is 569 g/mol. The van der Waals surface area contributed by atoms with E-state index in [9.17, 15) is 0 Å². The highest BCUT2D eigenvalue weighted by Gasteiger charge is 2.25. The van der Waals surface area contributed by atoms with Crippen LogP contribution in [0, 0.1) is 0 Å². The molecule has 0 saturated carbocycles. The van der Waals surface area contributed by atoms with Gasteiger partial charge in [0.05, 0.1) is 40.2 Å². The Morgan fingerprint density at radius 3 is 2.22 bits per heavy atom. The molecule has 2 aliphatic rings. The number of aliphatic imine (C=N–C) groups is 1. The van der Waals surface area contributed by atoms with Gasteiger partial charge in [0, 0.05) is 37.8 Å². The summed E-state index contributed by atoms with van der Waals surface area (Å²) in [6.45, 7) is 0.572. The predicted molar refractivity (Wildman–Crippen MR) is 192 cm³/mol. The number of nitrogens with two attached hydrogens (primary N) is 1. The minimum atomic E-state index is 0.572. The van der Waals surface area contributed by atoms with E-state index in [2.05, 4.69) is 118 Å². The molecule has 0 atom stereocenters. The molecule has 0 unspecified atom stereocenters. The van der Waals surface area contributed by atoms with Crippen LogP contribution in [0.4, 0.5) is 5.69 Å². The number of fused-ring (bicyclic) bond motifs is 7. The standard InChI is InChI=1S/C40H32N4S/c41-40-32-14-6-9-17-38(32)45-39(40)24-42-25-43-34-15-7-4-12-29(34)31-20-18-27(23-37(31)43)26-19-21-36-33(22-26)30-13-5-8-16-35(30)44(36)28-10-2-1-3-11-28/h1-17,22-23,25H,18-21,24,41H2/b42-25+. The Morgan fingerprint density at radius 2 is 1.38 bits per heavy atom. The number of benzene rings is 4. The molecule has 2 aliphatic carbocycles. The molecule has 4 nitrogen and oxygen atoms in total. The topological polar surface area (TPSA) is 48.2 Å². The number of aryl methyl sites for hydroxylation is 1. The van der Waals surface area contributed by atoms with E-state index in [4.69, 9.17) is 10.7 Å². The van der Waals surface area contributed by atoms with E-state index in [1.165, 1.54) is 65.9 Å². The Hall–Kier alpha value is -5.13. The van der Waals surface area contributed by atoms with Crippen molar-refractivity contribution >= 4 is 67.4 Å². The number of hydrogen-bond donors (Lipinski definition) is 1. The average Bonchev–Trinajstić information content (AvgIpc) is 3.72. The fourth-order valence-corrected chi connectivity index (χ4v) is 8.49. The van der Waals surface area contributed by atoms with Crippen molar-refractivity contribution in [2.24, 2.45) is 4.99 Å². The highest BCUT2D eigenvalue weighted by molar-refractivity contribution is 7.19. The maximum Gasteiger partial charge on any atom is 0.0945 e. The second kappa shape index (κ2) is 10.5. The Balaban J connectivity index is 1.12. The lowest BCUT2D eigenvalue weighted by atomic mass is 9.85. The van der Waals surface area contributed by atoms with Crippen molar-refractivity contribution in [2.75, 3.05) is 5.73 Å². The SMILES string of the molecule is Nc1c(C/N=C/n2c3c(c4ccccc42)CCC(C2=Cc4c(n(-c5ccccc5)c5ccccc45)CC2)=C3)sc2ccccc12. The largest absolute Gasteiger partial charge is 0.397 e. The van der Waals surface area contributed by atoms with E-state index in [1.807, 2.05) is 12.4 Å². The molecule has 0 aliphatic heterocycles. The molecule has 3 aromatic heterocycles. The molecule has 4 aromatic carbocycles. The molecule has 0 bridgehead atoms. The smallest absolute Gasteiger partial charge is 0.0945 e. The normalized spacial score (nSPS) is 14.7. The van der Waals surface area contributed by atoms with Crippen molar-refractivity contribution in [3.8, 4) is 5.69 Å². The van der Waals surface area contributed by atoms with Crippen molar-refractivity contribution in [1.29, 1.82) is 0 Å². The van der Waals surface area contributed by atoms with Gasteiger partial charge in [0.15, 0.2) is 0 Å². The van der Waals surface area contributed by atoms with E-state index >= 15 is 0 Å². The third kappa shape index (κ3) is 4.22.